The molecule has 0 radical (unpaired) electrons. The second-order valence-electron chi connectivity index (χ2n) is 2.47. The average Bonchev–Trinajstić information content (AvgIpc) is 2.15. The van der Waals surface area contributed by atoms with Crippen LogP contribution in [0.25, 0.3) is 0 Å². The van der Waals surface area contributed by atoms with Gasteiger partial charge >= 0.3 is 6.18 Å². The Labute approximate surface area is 78.1 Å². The van der Waals surface area contributed by atoms with Crippen LogP contribution in [0.3, 0.4) is 0 Å². The molecule has 0 aliphatic rings. The molecule has 1 heterocycles. The van der Waals surface area contributed by atoms with Crippen LogP contribution in [-0.2, 0) is 6.18 Å². The highest BCUT2D eigenvalue weighted by Crippen LogP contribution is 2.30. The van der Waals surface area contributed by atoms with E-state index < -0.39 is 23.2 Å². The van der Waals surface area contributed by atoms with Gasteiger partial charge in [-0.3, -0.25) is 9.78 Å². The third-order valence-electron chi connectivity index (χ3n) is 1.53. The molecule has 1 aromatic heterocycles. The number of hydrogen-bond acceptors (Lipinski definition) is 2. The van der Waals surface area contributed by atoms with Crippen LogP contribution in [0.5, 0.6) is 0 Å². The van der Waals surface area contributed by atoms with Gasteiger partial charge in [0.25, 0.3) is 0 Å². The summed E-state index contributed by atoms with van der Waals surface area (Å²) in [6.07, 6.45) is -2.80. The molecular formula is C9H6F3NO. The van der Waals surface area contributed by atoms with E-state index in [-0.39, 0.29) is 0 Å². The molecule has 14 heavy (non-hydrogen) atoms. The zero-order valence-corrected chi connectivity index (χ0v) is 7.01. The van der Waals surface area contributed by atoms with Gasteiger partial charge in [-0.15, -0.1) is 0 Å². The minimum Gasteiger partial charge on any atom is -0.289 e. The summed E-state index contributed by atoms with van der Waals surface area (Å²) < 4.78 is 36.9. The van der Waals surface area contributed by atoms with E-state index in [1.165, 1.54) is 6.07 Å². The summed E-state index contributed by atoms with van der Waals surface area (Å²) in [5.74, 6) is -0.787. The topological polar surface area (TPSA) is 30.0 Å². The van der Waals surface area contributed by atoms with E-state index in [1.807, 2.05) is 0 Å². The number of ketones is 1. The van der Waals surface area contributed by atoms with Gasteiger partial charge in [0.15, 0.2) is 11.5 Å². The summed E-state index contributed by atoms with van der Waals surface area (Å²) in [7, 11) is 0. The summed E-state index contributed by atoms with van der Waals surface area (Å²) in [6.45, 7) is 3.12. The third kappa shape index (κ3) is 1.99. The number of carbonyl (C=O) groups excluding carboxylic acids is 1. The Hall–Kier alpha value is -1.65. The van der Waals surface area contributed by atoms with Crippen molar-refractivity contribution in [3.63, 3.8) is 0 Å². The lowest BCUT2D eigenvalue weighted by atomic mass is 10.1. The van der Waals surface area contributed by atoms with Gasteiger partial charge < -0.3 is 0 Å². The highest BCUT2D eigenvalue weighted by molar-refractivity contribution is 6.05. The standard InChI is InChI=1S/C9H6F3NO/c1-2-7(14)6-4-3-5-13-8(6)9(10,11)12/h2-5H,1H2. The van der Waals surface area contributed by atoms with Gasteiger partial charge in [0.2, 0.25) is 0 Å². The Morgan fingerprint density at radius 2 is 2.14 bits per heavy atom. The van der Waals surface area contributed by atoms with E-state index in [4.69, 9.17) is 0 Å². The first-order valence-electron chi connectivity index (χ1n) is 3.66. The molecule has 0 unspecified atom stereocenters. The summed E-state index contributed by atoms with van der Waals surface area (Å²) in [5.41, 5.74) is -1.65. The molecular weight excluding hydrogens is 195 g/mol. The van der Waals surface area contributed by atoms with Gasteiger partial charge in [-0.1, -0.05) is 6.58 Å². The molecule has 0 spiro atoms. The molecule has 0 bridgehead atoms. The Balaban J connectivity index is 3.30. The maximum Gasteiger partial charge on any atom is 0.434 e. The fraction of sp³-hybridized carbons (Fsp3) is 0.111. The quantitative estimate of drug-likeness (QED) is 0.543. The fourth-order valence-electron chi connectivity index (χ4n) is 0.940. The number of alkyl halides is 3. The van der Waals surface area contributed by atoms with Crippen molar-refractivity contribution >= 4 is 5.78 Å². The molecule has 0 fully saturated rings. The van der Waals surface area contributed by atoms with Gasteiger partial charge in [-0.2, -0.15) is 13.2 Å². The average molecular weight is 201 g/mol. The summed E-state index contributed by atoms with van der Waals surface area (Å²) in [6, 6.07) is 2.34. The molecule has 0 N–H and O–H groups in total. The second-order valence-corrected chi connectivity index (χ2v) is 2.47. The molecule has 0 aliphatic carbocycles. The van der Waals surface area contributed by atoms with Crippen LogP contribution in [0.15, 0.2) is 31.0 Å². The second kappa shape index (κ2) is 3.61. The van der Waals surface area contributed by atoms with Crippen molar-refractivity contribution < 1.29 is 18.0 Å². The number of aromatic nitrogens is 1. The summed E-state index contributed by atoms with van der Waals surface area (Å²) >= 11 is 0. The van der Waals surface area contributed by atoms with E-state index in [0.717, 1.165) is 18.3 Å². The zero-order valence-electron chi connectivity index (χ0n) is 7.01. The first-order valence-corrected chi connectivity index (χ1v) is 3.66. The van der Waals surface area contributed by atoms with Crippen LogP contribution in [0.2, 0.25) is 0 Å². The van der Waals surface area contributed by atoms with E-state index in [0.29, 0.717) is 0 Å². The van der Waals surface area contributed by atoms with E-state index in [2.05, 4.69) is 11.6 Å². The monoisotopic (exact) mass is 201 g/mol. The SMILES string of the molecule is C=CC(=O)c1cccnc1C(F)(F)F. The first kappa shape index (κ1) is 10.4. The van der Waals surface area contributed by atoms with Crippen LogP contribution in [0.4, 0.5) is 13.2 Å². The van der Waals surface area contributed by atoms with Crippen LogP contribution in [-0.4, -0.2) is 10.8 Å². The smallest absolute Gasteiger partial charge is 0.289 e. The largest absolute Gasteiger partial charge is 0.434 e. The Morgan fingerprint density at radius 3 is 2.64 bits per heavy atom. The van der Waals surface area contributed by atoms with Gasteiger partial charge in [0.1, 0.15) is 0 Å². The number of nitrogens with zero attached hydrogens (tertiary/aromatic N) is 1. The Morgan fingerprint density at radius 1 is 1.50 bits per heavy atom. The first-order chi connectivity index (χ1) is 6.46. The predicted molar refractivity (Wildman–Crippen MR) is 43.8 cm³/mol. The number of halogens is 3. The van der Waals surface area contributed by atoms with Crippen molar-refractivity contribution in [1.82, 2.24) is 4.98 Å². The van der Waals surface area contributed by atoms with E-state index >= 15 is 0 Å². The van der Waals surface area contributed by atoms with Crippen molar-refractivity contribution in [2.24, 2.45) is 0 Å². The van der Waals surface area contributed by atoms with E-state index in [9.17, 15) is 18.0 Å². The number of carbonyl (C=O) groups is 1. The van der Waals surface area contributed by atoms with Crippen molar-refractivity contribution in [2.75, 3.05) is 0 Å². The predicted octanol–water partition coefficient (Wildman–Crippen LogP) is 2.47. The Kier molecular flexibility index (Phi) is 2.69. The molecule has 2 nitrogen and oxygen atoms in total. The fourth-order valence-corrected chi connectivity index (χ4v) is 0.940. The molecule has 1 rings (SSSR count). The number of allylic oxidation sites excluding steroid dienone is 1. The molecule has 0 aliphatic heterocycles. The lowest BCUT2D eigenvalue weighted by Crippen LogP contribution is -2.14. The van der Waals surface area contributed by atoms with Crippen molar-refractivity contribution in [1.29, 1.82) is 0 Å². The van der Waals surface area contributed by atoms with Gasteiger partial charge in [0.05, 0.1) is 5.56 Å². The molecule has 0 amide bonds. The molecule has 0 saturated heterocycles. The molecule has 1 aromatic rings. The minimum atomic E-state index is -4.62. The van der Waals surface area contributed by atoms with Crippen LogP contribution in [0.1, 0.15) is 16.1 Å². The highest BCUT2D eigenvalue weighted by Gasteiger charge is 2.36. The number of hydrogen-bond donors (Lipinski definition) is 0. The molecule has 0 aromatic carbocycles. The van der Waals surface area contributed by atoms with Gasteiger partial charge in [0, 0.05) is 6.20 Å². The molecule has 74 valence electrons. The number of pyridine rings is 1. The molecule has 0 atom stereocenters. The Bertz CT molecular complexity index is 371. The zero-order chi connectivity index (χ0) is 10.8. The third-order valence-corrected chi connectivity index (χ3v) is 1.53. The summed E-state index contributed by atoms with van der Waals surface area (Å²) in [5, 5.41) is 0. The van der Waals surface area contributed by atoms with Crippen LogP contribution in [0, 0.1) is 0 Å². The summed E-state index contributed by atoms with van der Waals surface area (Å²) in [4.78, 5) is 14.1. The lowest BCUT2D eigenvalue weighted by molar-refractivity contribution is -0.141. The normalized spacial score (nSPS) is 11.1. The maximum atomic E-state index is 12.3. The lowest BCUT2D eigenvalue weighted by Gasteiger charge is -2.08. The maximum absolute atomic E-state index is 12.3. The highest BCUT2D eigenvalue weighted by atomic mass is 19.4. The number of rotatable bonds is 2. The van der Waals surface area contributed by atoms with Crippen LogP contribution < -0.4 is 0 Å². The molecule has 5 heteroatoms. The minimum absolute atomic E-state index is 0.477. The van der Waals surface area contributed by atoms with Crippen molar-refractivity contribution in [3.05, 3.63) is 42.2 Å². The van der Waals surface area contributed by atoms with Crippen molar-refractivity contribution in [2.45, 2.75) is 6.18 Å². The van der Waals surface area contributed by atoms with Crippen LogP contribution >= 0.6 is 0 Å². The van der Waals surface area contributed by atoms with Gasteiger partial charge in [-0.05, 0) is 18.2 Å². The van der Waals surface area contributed by atoms with Gasteiger partial charge in [-0.25, -0.2) is 0 Å². The van der Waals surface area contributed by atoms with E-state index in [1.54, 1.807) is 0 Å². The van der Waals surface area contributed by atoms with Crippen molar-refractivity contribution in [3.8, 4) is 0 Å². The molecule has 0 saturated carbocycles.